The first-order valence-electron chi connectivity index (χ1n) is 9.09. The molecule has 4 rings (SSSR count). The molecule has 2 aromatic heterocycles. The highest BCUT2D eigenvalue weighted by atomic mass is 16.3. The lowest BCUT2D eigenvalue weighted by atomic mass is 9.89. The zero-order chi connectivity index (χ0) is 17.6. The number of nitrogens with one attached hydrogen (secondary N) is 1. The summed E-state index contributed by atoms with van der Waals surface area (Å²) in [5.41, 5.74) is 1.22. The fraction of sp³-hybridized carbons (Fsp3) is 0.611. The minimum absolute atomic E-state index is 0.00229. The molecule has 1 aliphatic heterocycles. The van der Waals surface area contributed by atoms with Crippen LogP contribution in [0.1, 0.15) is 73.2 Å². The summed E-state index contributed by atoms with van der Waals surface area (Å²) in [6.07, 6.45) is 7.26. The summed E-state index contributed by atoms with van der Waals surface area (Å²) in [6, 6.07) is 2.05. The molecule has 2 aliphatic rings. The van der Waals surface area contributed by atoms with Gasteiger partial charge in [0.05, 0.1) is 18.3 Å². The minimum Gasteiger partial charge on any atom is -0.382 e. The van der Waals surface area contributed by atoms with Crippen LogP contribution in [-0.4, -0.2) is 49.0 Å². The molecule has 0 bridgehead atoms. The van der Waals surface area contributed by atoms with E-state index in [0.29, 0.717) is 24.6 Å². The first-order chi connectivity index (χ1) is 12.0. The number of aromatic nitrogens is 4. The van der Waals surface area contributed by atoms with Crippen molar-refractivity contribution in [2.75, 3.05) is 13.1 Å². The summed E-state index contributed by atoms with van der Waals surface area (Å²) in [6.45, 7) is 4.96. The fourth-order valence-electron chi connectivity index (χ4n) is 3.61. The van der Waals surface area contributed by atoms with Crippen LogP contribution in [0, 0.1) is 0 Å². The summed E-state index contributed by atoms with van der Waals surface area (Å²) >= 11 is 0. The normalized spacial score (nSPS) is 24.1. The molecule has 134 valence electrons. The zero-order valence-corrected chi connectivity index (χ0v) is 14.8. The first-order valence-corrected chi connectivity index (χ1v) is 9.09. The van der Waals surface area contributed by atoms with Gasteiger partial charge in [-0.05, 0) is 51.5 Å². The molecule has 0 aromatic carbocycles. The Morgan fingerprint density at radius 3 is 2.92 bits per heavy atom. The quantitative estimate of drug-likeness (QED) is 0.891. The van der Waals surface area contributed by atoms with E-state index >= 15 is 0 Å². The highest BCUT2D eigenvalue weighted by Crippen LogP contribution is 2.41. The van der Waals surface area contributed by atoms with E-state index < -0.39 is 5.60 Å². The van der Waals surface area contributed by atoms with E-state index in [1.54, 1.807) is 15.8 Å². The van der Waals surface area contributed by atoms with E-state index in [4.69, 9.17) is 0 Å². The minimum atomic E-state index is -1.13. The van der Waals surface area contributed by atoms with Gasteiger partial charge in [-0.1, -0.05) is 5.21 Å². The maximum atomic E-state index is 13.0. The molecule has 1 amide bonds. The zero-order valence-electron chi connectivity index (χ0n) is 14.8. The summed E-state index contributed by atoms with van der Waals surface area (Å²) in [7, 11) is 0. The van der Waals surface area contributed by atoms with Gasteiger partial charge in [-0.25, -0.2) is 4.68 Å². The van der Waals surface area contributed by atoms with Crippen molar-refractivity contribution in [3.05, 3.63) is 35.4 Å². The van der Waals surface area contributed by atoms with Gasteiger partial charge in [-0.2, -0.15) is 0 Å². The molecule has 2 N–H and O–H groups in total. The summed E-state index contributed by atoms with van der Waals surface area (Å²) in [5.74, 6) is 0.487. The number of amides is 1. The average molecular weight is 343 g/mol. The summed E-state index contributed by atoms with van der Waals surface area (Å²) in [4.78, 5) is 18.0. The van der Waals surface area contributed by atoms with Gasteiger partial charge < -0.3 is 15.0 Å². The van der Waals surface area contributed by atoms with Crippen molar-refractivity contribution in [3.8, 4) is 0 Å². The number of H-pyrrole nitrogens is 1. The van der Waals surface area contributed by atoms with Crippen LogP contribution >= 0.6 is 0 Å². The Kier molecular flexibility index (Phi) is 3.91. The van der Waals surface area contributed by atoms with Crippen LogP contribution in [0.4, 0.5) is 0 Å². The van der Waals surface area contributed by atoms with E-state index in [2.05, 4.69) is 15.3 Å². The number of likely N-dealkylation sites (tertiary alicyclic amines) is 1. The van der Waals surface area contributed by atoms with Crippen LogP contribution in [0.5, 0.6) is 0 Å². The number of hydrogen-bond donors (Lipinski definition) is 2. The lowest BCUT2D eigenvalue weighted by Gasteiger charge is -2.38. The van der Waals surface area contributed by atoms with Gasteiger partial charge in [0.15, 0.2) is 0 Å². The van der Waals surface area contributed by atoms with Crippen LogP contribution in [0.25, 0.3) is 0 Å². The largest absolute Gasteiger partial charge is 0.382 e. The lowest BCUT2D eigenvalue weighted by molar-refractivity contribution is -0.0321. The van der Waals surface area contributed by atoms with Crippen LogP contribution in [-0.2, 0) is 5.60 Å². The van der Waals surface area contributed by atoms with Gasteiger partial charge in [0.1, 0.15) is 11.3 Å². The van der Waals surface area contributed by atoms with Crippen molar-refractivity contribution < 1.29 is 9.90 Å². The molecule has 2 aromatic rings. The van der Waals surface area contributed by atoms with E-state index in [9.17, 15) is 9.90 Å². The number of aromatic amines is 1. The number of carbonyl (C=O) groups is 1. The Labute approximate surface area is 147 Å². The molecule has 1 atom stereocenters. The summed E-state index contributed by atoms with van der Waals surface area (Å²) in [5, 5.41) is 19.4. The second kappa shape index (κ2) is 5.98. The fourth-order valence-corrected chi connectivity index (χ4v) is 3.61. The number of piperidine rings is 1. The number of β-amino-alcohol motifs (C(OH)–C–C–N with tert-alkyl or cyclic N) is 1. The number of rotatable bonds is 4. The van der Waals surface area contributed by atoms with E-state index in [0.717, 1.165) is 30.5 Å². The number of carbonyl (C=O) groups excluding carboxylic acids is 1. The standard InChI is InChI=1S/C18H25N5O2/c1-12(2)23-10-15(20-21-23)18(25)7-3-9-22(11-18)17(24)14-6-8-19-16(14)13-4-5-13/h6,8,10,12-13,19,25H,3-5,7,9,11H2,1-2H3. The summed E-state index contributed by atoms with van der Waals surface area (Å²) < 4.78 is 1.74. The molecular formula is C18H25N5O2. The highest BCUT2D eigenvalue weighted by molar-refractivity contribution is 5.95. The van der Waals surface area contributed by atoms with Crippen LogP contribution < -0.4 is 0 Å². The maximum Gasteiger partial charge on any atom is 0.255 e. The van der Waals surface area contributed by atoms with Crippen molar-refractivity contribution in [1.82, 2.24) is 24.9 Å². The third-order valence-corrected chi connectivity index (χ3v) is 5.27. The molecule has 7 nitrogen and oxygen atoms in total. The Morgan fingerprint density at radius 1 is 1.44 bits per heavy atom. The van der Waals surface area contributed by atoms with Crippen molar-refractivity contribution in [2.45, 2.75) is 57.1 Å². The topological polar surface area (TPSA) is 87.0 Å². The highest BCUT2D eigenvalue weighted by Gasteiger charge is 2.40. The molecule has 7 heteroatoms. The van der Waals surface area contributed by atoms with Crippen LogP contribution in [0.2, 0.25) is 0 Å². The van der Waals surface area contributed by atoms with E-state index in [-0.39, 0.29) is 18.5 Å². The van der Waals surface area contributed by atoms with Gasteiger partial charge >= 0.3 is 0 Å². The van der Waals surface area contributed by atoms with Gasteiger partial charge in [0.25, 0.3) is 5.91 Å². The predicted octanol–water partition coefficient (Wildman–Crippen LogP) is 2.19. The molecule has 0 radical (unpaired) electrons. The van der Waals surface area contributed by atoms with Gasteiger partial charge in [-0.3, -0.25) is 4.79 Å². The molecule has 1 unspecified atom stereocenters. The monoisotopic (exact) mass is 343 g/mol. The second-order valence-electron chi connectivity index (χ2n) is 7.62. The number of aliphatic hydroxyl groups is 1. The third-order valence-electron chi connectivity index (χ3n) is 5.27. The molecule has 1 saturated heterocycles. The Hall–Kier alpha value is -2.15. The van der Waals surface area contributed by atoms with Gasteiger partial charge in [0, 0.05) is 24.5 Å². The van der Waals surface area contributed by atoms with Crippen LogP contribution in [0.15, 0.2) is 18.5 Å². The van der Waals surface area contributed by atoms with Crippen LogP contribution in [0.3, 0.4) is 0 Å². The van der Waals surface area contributed by atoms with Crippen molar-refractivity contribution in [3.63, 3.8) is 0 Å². The third kappa shape index (κ3) is 2.97. The SMILES string of the molecule is CC(C)n1cc(C2(O)CCCN(C(=O)c3cc[nH]c3C3CC3)C2)nn1. The smallest absolute Gasteiger partial charge is 0.255 e. The van der Waals surface area contributed by atoms with Crippen molar-refractivity contribution >= 4 is 5.91 Å². The molecule has 0 spiro atoms. The first kappa shape index (κ1) is 16.3. The van der Waals surface area contributed by atoms with E-state index in [1.165, 1.54) is 0 Å². The maximum absolute atomic E-state index is 13.0. The molecular weight excluding hydrogens is 318 g/mol. The molecule has 25 heavy (non-hydrogen) atoms. The Bertz CT molecular complexity index is 776. The predicted molar refractivity (Wildman–Crippen MR) is 92.2 cm³/mol. The van der Waals surface area contributed by atoms with Gasteiger partial charge in [0.2, 0.25) is 0 Å². The average Bonchev–Trinajstić information content (AvgIpc) is 3.12. The molecule has 1 saturated carbocycles. The molecule has 3 heterocycles. The number of nitrogens with zero attached hydrogens (tertiary/aromatic N) is 4. The number of hydrogen-bond acceptors (Lipinski definition) is 4. The second-order valence-corrected chi connectivity index (χ2v) is 7.62. The van der Waals surface area contributed by atoms with Crippen molar-refractivity contribution in [2.24, 2.45) is 0 Å². The van der Waals surface area contributed by atoms with Gasteiger partial charge in [-0.15, -0.1) is 5.10 Å². The molecule has 1 aliphatic carbocycles. The lowest BCUT2D eigenvalue weighted by Crippen LogP contribution is -2.48. The Balaban J connectivity index is 1.55. The Morgan fingerprint density at radius 2 is 2.24 bits per heavy atom. The van der Waals surface area contributed by atoms with E-state index in [1.807, 2.05) is 26.1 Å². The van der Waals surface area contributed by atoms with Crippen molar-refractivity contribution in [1.29, 1.82) is 0 Å². The molecule has 2 fully saturated rings.